The number of benzene rings is 2. The Kier molecular flexibility index (Phi) is 7.31. The Balaban J connectivity index is 1.97. The van der Waals surface area contributed by atoms with Crippen molar-refractivity contribution in [2.24, 2.45) is 0 Å². The van der Waals surface area contributed by atoms with Gasteiger partial charge in [-0.3, -0.25) is 0 Å². The maximum Gasteiger partial charge on any atom is 0.0718 e. The lowest BCUT2D eigenvalue weighted by atomic mass is 9.84. The van der Waals surface area contributed by atoms with E-state index in [4.69, 9.17) is 9.84 Å². The lowest BCUT2D eigenvalue weighted by molar-refractivity contribution is 0.0815. The number of aliphatic hydroxyl groups is 1. The summed E-state index contributed by atoms with van der Waals surface area (Å²) in [5, 5.41) is 8.75. The fraction of sp³-hybridized carbons (Fsp3) is 0.429. The first-order valence-electron chi connectivity index (χ1n) is 8.57. The smallest absolute Gasteiger partial charge is 0.0718 e. The molecule has 0 radical (unpaired) electrons. The van der Waals surface area contributed by atoms with Crippen LogP contribution in [0.5, 0.6) is 0 Å². The highest BCUT2D eigenvalue weighted by Gasteiger charge is 2.15. The monoisotopic (exact) mass is 312 g/mol. The van der Waals surface area contributed by atoms with Gasteiger partial charge >= 0.3 is 0 Å². The van der Waals surface area contributed by atoms with E-state index in [0.717, 1.165) is 12.0 Å². The number of hydrogen-bond donors (Lipinski definition) is 1. The first-order chi connectivity index (χ1) is 11.2. The van der Waals surface area contributed by atoms with E-state index >= 15 is 0 Å². The van der Waals surface area contributed by atoms with E-state index in [1.54, 1.807) is 0 Å². The molecule has 0 aliphatic carbocycles. The average molecular weight is 312 g/mol. The molecule has 0 saturated carbocycles. The van der Waals surface area contributed by atoms with Gasteiger partial charge in [0, 0.05) is 0 Å². The van der Waals surface area contributed by atoms with E-state index in [0.29, 0.717) is 25.0 Å². The molecule has 2 aromatic carbocycles. The Morgan fingerprint density at radius 2 is 1.65 bits per heavy atom. The molecule has 0 fully saturated rings. The minimum absolute atomic E-state index is 0.0768. The molecular formula is C21H28O2. The van der Waals surface area contributed by atoms with Crippen LogP contribution in [0.2, 0.25) is 0 Å². The van der Waals surface area contributed by atoms with Crippen LogP contribution in [0, 0.1) is 0 Å². The van der Waals surface area contributed by atoms with Crippen LogP contribution in [0.25, 0.3) is 0 Å². The number of aliphatic hydroxyl groups excluding tert-OH is 1. The van der Waals surface area contributed by atoms with Crippen LogP contribution in [0.15, 0.2) is 54.6 Å². The first kappa shape index (κ1) is 17.7. The molecule has 2 unspecified atom stereocenters. The molecule has 2 nitrogen and oxygen atoms in total. The van der Waals surface area contributed by atoms with Crippen LogP contribution in [0.1, 0.15) is 55.2 Å². The van der Waals surface area contributed by atoms with Crippen LogP contribution in [0.3, 0.4) is 0 Å². The molecule has 0 aromatic heterocycles. The van der Waals surface area contributed by atoms with E-state index < -0.39 is 0 Å². The van der Waals surface area contributed by atoms with Gasteiger partial charge in [0.15, 0.2) is 0 Å². The first-order valence-corrected chi connectivity index (χ1v) is 8.57. The maximum atomic E-state index is 8.75. The standard InChI is InChI=1S/C21H28O2/c1-3-19(15-17(2)20-7-5-4-6-8-20)21-11-9-18(10-12-21)16-23-14-13-22/h4-12,17,19,22H,3,13-16H2,1-2H3. The normalized spacial score (nSPS) is 13.7. The fourth-order valence-corrected chi connectivity index (χ4v) is 3.02. The highest BCUT2D eigenvalue weighted by atomic mass is 16.5. The van der Waals surface area contributed by atoms with Gasteiger partial charge in [0.25, 0.3) is 0 Å². The fourth-order valence-electron chi connectivity index (χ4n) is 3.02. The summed E-state index contributed by atoms with van der Waals surface area (Å²) in [4.78, 5) is 0. The molecule has 2 rings (SSSR count). The second-order valence-corrected chi connectivity index (χ2v) is 6.17. The number of ether oxygens (including phenoxy) is 1. The van der Waals surface area contributed by atoms with Crippen molar-refractivity contribution in [3.63, 3.8) is 0 Å². The van der Waals surface area contributed by atoms with Crippen LogP contribution >= 0.6 is 0 Å². The van der Waals surface area contributed by atoms with Crippen molar-refractivity contribution in [3.05, 3.63) is 71.3 Å². The third-order valence-electron chi connectivity index (χ3n) is 4.45. The molecule has 0 aliphatic rings. The zero-order chi connectivity index (χ0) is 16.5. The summed E-state index contributed by atoms with van der Waals surface area (Å²) < 4.78 is 5.37. The van der Waals surface area contributed by atoms with Gasteiger partial charge < -0.3 is 9.84 Å². The van der Waals surface area contributed by atoms with Gasteiger partial charge in [-0.15, -0.1) is 0 Å². The van der Waals surface area contributed by atoms with E-state index in [1.165, 1.54) is 17.5 Å². The summed E-state index contributed by atoms with van der Waals surface area (Å²) in [7, 11) is 0. The largest absolute Gasteiger partial charge is 0.394 e. The average Bonchev–Trinajstić information content (AvgIpc) is 2.61. The second kappa shape index (κ2) is 9.49. The molecule has 0 amide bonds. The summed E-state index contributed by atoms with van der Waals surface area (Å²) in [5.41, 5.74) is 3.98. The third kappa shape index (κ3) is 5.49. The van der Waals surface area contributed by atoms with Gasteiger partial charge in [-0.05, 0) is 41.4 Å². The van der Waals surface area contributed by atoms with Crippen molar-refractivity contribution in [2.75, 3.05) is 13.2 Å². The molecule has 2 atom stereocenters. The Labute approximate surface area is 140 Å². The summed E-state index contributed by atoms with van der Waals surface area (Å²) in [6.45, 7) is 5.62. The third-order valence-corrected chi connectivity index (χ3v) is 4.45. The number of rotatable bonds is 9. The van der Waals surface area contributed by atoms with Crippen molar-refractivity contribution < 1.29 is 9.84 Å². The lowest BCUT2D eigenvalue weighted by Gasteiger charge is -2.21. The predicted molar refractivity (Wildman–Crippen MR) is 95.7 cm³/mol. The predicted octanol–water partition coefficient (Wildman–Crippen LogP) is 4.88. The molecule has 1 N–H and O–H groups in total. The Bertz CT molecular complexity index is 548. The summed E-state index contributed by atoms with van der Waals surface area (Å²) in [6.07, 6.45) is 2.32. The van der Waals surface area contributed by atoms with Crippen LogP contribution in [-0.4, -0.2) is 18.3 Å². The minimum atomic E-state index is 0.0768. The highest BCUT2D eigenvalue weighted by Crippen LogP contribution is 2.32. The van der Waals surface area contributed by atoms with E-state index in [1.807, 2.05) is 0 Å². The van der Waals surface area contributed by atoms with Gasteiger partial charge in [-0.1, -0.05) is 68.4 Å². The molecule has 124 valence electrons. The van der Waals surface area contributed by atoms with Crippen molar-refractivity contribution >= 4 is 0 Å². The molecular weight excluding hydrogens is 284 g/mol. The SMILES string of the molecule is CCC(CC(C)c1ccccc1)c1ccc(COCCO)cc1. The molecule has 0 heterocycles. The zero-order valence-corrected chi connectivity index (χ0v) is 14.2. The second-order valence-electron chi connectivity index (χ2n) is 6.17. The van der Waals surface area contributed by atoms with Crippen molar-refractivity contribution in [2.45, 2.75) is 45.1 Å². The Morgan fingerprint density at radius 1 is 0.957 bits per heavy atom. The van der Waals surface area contributed by atoms with Crippen LogP contribution in [0.4, 0.5) is 0 Å². The van der Waals surface area contributed by atoms with E-state index in [9.17, 15) is 0 Å². The zero-order valence-electron chi connectivity index (χ0n) is 14.2. The quantitative estimate of drug-likeness (QED) is 0.668. The maximum absolute atomic E-state index is 8.75. The molecule has 0 aliphatic heterocycles. The van der Waals surface area contributed by atoms with Crippen molar-refractivity contribution in [3.8, 4) is 0 Å². The lowest BCUT2D eigenvalue weighted by Crippen LogP contribution is -2.04. The Hall–Kier alpha value is -1.64. The van der Waals surface area contributed by atoms with Crippen LogP contribution < -0.4 is 0 Å². The van der Waals surface area contributed by atoms with Crippen molar-refractivity contribution in [1.82, 2.24) is 0 Å². The van der Waals surface area contributed by atoms with Gasteiger partial charge in [0.2, 0.25) is 0 Å². The van der Waals surface area contributed by atoms with Crippen molar-refractivity contribution in [1.29, 1.82) is 0 Å². The number of hydrogen-bond acceptors (Lipinski definition) is 2. The van der Waals surface area contributed by atoms with Gasteiger partial charge in [0.1, 0.15) is 0 Å². The van der Waals surface area contributed by atoms with Gasteiger partial charge in [-0.25, -0.2) is 0 Å². The molecule has 0 spiro atoms. The van der Waals surface area contributed by atoms with Crippen LogP contribution in [-0.2, 0) is 11.3 Å². The van der Waals surface area contributed by atoms with E-state index in [2.05, 4.69) is 68.4 Å². The summed E-state index contributed by atoms with van der Waals surface area (Å²) in [5.74, 6) is 1.14. The topological polar surface area (TPSA) is 29.5 Å². The summed E-state index contributed by atoms with van der Waals surface area (Å²) >= 11 is 0. The van der Waals surface area contributed by atoms with Gasteiger partial charge in [0.05, 0.1) is 19.8 Å². The van der Waals surface area contributed by atoms with Gasteiger partial charge in [-0.2, -0.15) is 0 Å². The summed E-state index contributed by atoms with van der Waals surface area (Å²) in [6, 6.07) is 19.5. The minimum Gasteiger partial charge on any atom is -0.394 e. The molecule has 0 saturated heterocycles. The Morgan fingerprint density at radius 3 is 2.26 bits per heavy atom. The van der Waals surface area contributed by atoms with E-state index in [-0.39, 0.29) is 6.61 Å². The molecule has 0 bridgehead atoms. The molecule has 23 heavy (non-hydrogen) atoms. The highest BCUT2D eigenvalue weighted by molar-refractivity contribution is 5.26. The molecule has 2 aromatic rings. The molecule has 2 heteroatoms.